The van der Waals surface area contributed by atoms with E-state index in [2.05, 4.69) is 0 Å². The smallest absolute Gasteiger partial charge is 0.269 e. The summed E-state index contributed by atoms with van der Waals surface area (Å²) in [6.07, 6.45) is 2.55. The predicted molar refractivity (Wildman–Crippen MR) is 58.0 cm³/mol. The molecule has 5 heteroatoms. The van der Waals surface area contributed by atoms with Crippen molar-refractivity contribution in [3.8, 4) is 0 Å². The summed E-state index contributed by atoms with van der Waals surface area (Å²) < 4.78 is 0. The number of nitro groups is 1. The van der Waals surface area contributed by atoms with Crippen LogP contribution in [0.25, 0.3) is 0 Å². The van der Waals surface area contributed by atoms with Gasteiger partial charge in [-0.3, -0.25) is 10.1 Å². The third kappa shape index (κ3) is 2.27. The molecule has 1 fully saturated rings. The first kappa shape index (κ1) is 10.4. The Hall–Kier alpha value is -1.13. The van der Waals surface area contributed by atoms with E-state index in [9.17, 15) is 10.1 Å². The number of hydrogen-bond acceptors (Lipinski definition) is 3. The molecule has 0 aromatic heterocycles. The molecule has 2 N–H and O–H groups in total. The van der Waals surface area contributed by atoms with Crippen molar-refractivity contribution in [1.82, 2.24) is 0 Å². The van der Waals surface area contributed by atoms with Crippen molar-refractivity contribution in [1.29, 1.82) is 0 Å². The van der Waals surface area contributed by atoms with Gasteiger partial charge in [0.1, 0.15) is 0 Å². The first-order valence-electron chi connectivity index (χ1n) is 4.72. The minimum atomic E-state index is -0.421. The molecular weight excluding hydrogens is 216 g/mol. The molecule has 0 radical (unpaired) electrons. The molecule has 0 amide bonds. The van der Waals surface area contributed by atoms with Crippen LogP contribution in [0.5, 0.6) is 0 Å². The highest BCUT2D eigenvalue weighted by atomic mass is 35.5. The van der Waals surface area contributed by atoms with Crippen molar-refractivity contribution < 1.29 is 4.92 Å². The maximum Gasteiger partial charge on any atom is 0.269 e. The fourth-order valence-corrected chi connectivity index (χ4v) is 1.71. The zero-order valence-electron chi connectivity index (χ0n) is 8.07. The lowest BCUT2D eigenvalue weighted by Crippen LogP contribution is -2.24. The number of nitro benzene ring substituents is 1. The predicted octanol–water partition coefficient (Wildman–Crippen LogP) is 2.28. The van der Waals surface area contributed by atoms with Crippen molar-refractivity contribution >= 4 is 17.3 Å². The van der Waals surface area contributed by atoms with Gasteiger partial charge in [0, 0.05) is 22.7 Å². The van der Waals surface area contributed by atoms with E-state index >= 15 is 0 Å². The van der Waals surface area contributed by atoms with Crippen LogP contribution in [0.4, 0.5) is 5.69 Å². The molecule has 1 aliphatic rings. The summed E-state index contributed by atoms with van der Waals surface area (Å²) in [5.41, 5.74) is 6.60. The van der Waals surface area contributed by atoms with Crippen LogP contribution in [0.3, 0.4) is 0 Å². The number of nitrogens with zero attached hydrogens (tertiary/aromatic N) is 1. The fourth-order valence-electron chi connectivity index (χ4n) is 1.53. The molecule has 1 aromatic carbocycles. The van der Waals surface area contributed by atoms with E-state index in [1.54, 1.807) is 6.07 Å². The van der Waals surface area contributed by atoms with Gasteiger partial charge in [-0.2, -0.15) is 0 Å². The summed E-state index contributed by atoms with van der Waals surface area (Å²) in [5.74, 6) is 0. The monoisotopic (exact) mass is 226 g/mol. The molecule has 0 heterocycles. The minimum absolute atomic E-state index is 0.0682. The largest absolute Gasteiger partial charge is 0.325 e. The van der Waals surface area contributed by atoms with Gasteiger partial charge < -0.3 is 5.73 Å². The molecule has 0 unspecified atom stereocenters. The van der Waals surface area contributed by atoms with Crippen molar-refractivity contribution in [2.75, 3.05) is 0 Å². The first-order chi connectivity index (χ1) is 7.00. The Morgan fingerprint density at radius 3 is 2.73 bits per heavy atom. The Balaban J connectivity index is 2.28. The van der Waals surface area contributed by atoms with Crippen LogP contribution >= 0.6 is 11.6 Å². The van der Waals surface area contributed by atoms with Gasteiger partial charge in [-0.1, -0.05) is 11.6 Å². The average Bonchev–Trinajstić information content (AvgIpc) is 2.87. The molecular formula is C10H11ClN2O2. The molecule has 4 nitrogen and oxygen atoms in total. The lowest BCUT2D eigenvalue weighted by atomic mass is 10.0. The maximum absolute atomic E-state index is 10.6. The topological polar surface area (TPSA) is 69.2 Å². The maximum atomic E-state index is 10.6. The summed E-state index contributed by atoms with van der Waals surface area (Å²) in [4.78, 5) is 10.2. The lowest BCUT2D eigenvalue weighted by molar-refractivity contribution is -0.384. The van der Waals surface area contributed by atoms with E-state index in [-0.39, 0.29) is 11.2 Å². The van der Waals surface area contributed by atoms with Crippen molar-refractivity contribution in [3.05, 3.63) is 38.9 Å². The van der Waals surface area contributed by atoms with Crippen LogP contribution in [0.1, 0.15) is 18.4 Å². The number of halogens is 1. The fraction of sp³-hybridized carbons (Fsp3) is 0.400. The van der Waals surface area contributed by atoms with Gasteiger partial charge in [0.05, 0.1) is 4.92 Å². The molecule has 0 aliphatic heterocycles. The Labute approximate surface area is 92.2 Å². The Kier molecular flexibility index (Phi) is 2.40. The van der Waals surface area contributed by atoms with E-state index in [4.69, 9.17) is 17.3 Å². The number of non-ortho nitro benzene ring substituents is 1. The van der Waals surface area contributed by atoms with Gasteiger partial charge in [0.15, 0.2) is 0 Å². The van der Waals surface area contributed by atoms with Gasteiger partial charge in [-0.25, -0.2) is 0 Å². The number of nitrogens with two attached hydrogens (primary N) is 1. The van der Waals surface area contributed by atoms with E-state index in [1.165, 1.54) is 12.1 Å². The van der Waals surface area contributed by atoms with Crippen LogP contribution < -0.4 is 5.73 Å². The zero-order valence-corrected chi connectivity index (χ0v) is 8.83. The lowest BCUT2D eigenvalue weighted by Gasteiger charge is -2.09. The summed E-state index contributed by atoms with van der Waals surface area (Å²) in [6, 6.07) is 4.47. The van der Waals surface area contributed by atoms with Crippen LogP contribution in [-0.2, 0) is 6.42 Å². The zero-order chi connectivity index (χ0) is 11.1. The Morgan fingerprint density at radius 2 is 2.20 bits per heavy atom. The third-order valence-corrected chi connectivity index (χ3v) is 3.04. The van der Waals surface area contributed by atoms with E-state index in [1.807, 2.05) is 0 Å². The van der Waals surface area contributed by atoms with Gasteiger partial charge in [-0.05, 0) is 30.9 Å². The van der Waals surface area contributed by atoms with E-state index < -0.39 is 4.92 Å². The normalized spacial score (nSPS) is 17.5. The number of rotatable bonds is 3. The van der Waals surface area contributed by atoms with Crippen LogP contribution in [0.15, 0.2) is 18.2 Å². The average molecular weight is 227 g/mol. The van der Waals surface area contributed by atoms with Crippen molar-refractivity contribution in [2.45, 2.75) is 24.8 Å². The van der Waals surface area contributed by atoms with Gasteiger partial charge in [0.2, 0.25) is 0 Å². The van der Waals surface area contributed by atoms with Crippen molar-refractivity contribution in [3.63, 3.8) is 0 Å². The SMILES string of the molecule is NC1(Cc2cc([N+](=O)[O-])ccc2Cl)CC1. The highest BCUT2D eigenvalue weighted by Crippen LogP contribution is 2.37. The highest BCUT2D eigenvalue weighted by molar-refractivity contribution is 6.31. The minimum Gasteiger partial charge on any atom is -0.325 e. The highest BCUT2D eigenvalue weighted by Gasteiger charge is 2.38. The quantitative estimate of drug-likeness (QED) is 0.635. The number of benzene rings is 1. The molecule has 0 bridgehead atoms. The molecule has 2 rings (SSSR count). The molecule has 0 atom stereocenters. The molecule has 15 heavy (non-hydrogen) atoms. The summed E-state index contributed by atoms with van der Waals surface area (Å²) in [6.45, 7) is 0. The molecule has 1 saturated carbocycles. The molecule has 80 valence electrons. The van der Waals surface area contributed by atoms with E-state index in [0.29, 0.717) is 11.4 Å². The Morgan fingerprint density at radius 1 is 1.53 bits per heavy atom. The standard InChI is InChI=1S/C10H11ClN2O2/c11-9-2-1-8(13(14)15)5-7(9)6-10(12)3-4-10/h1-2,5H,3-4,6,12H2. The summed E-state index contributed by atoms with van der Waals surface area (Å²) in [5, 5.41) is 11.1. The van der Waals surface area contributed by atoms with Crippen LogP contribution in [0, 0.1) is 10.1 Å². The third-order valence-electron chi connectivity index (χ3n) is 2.67. The van der Waals surface area contributed by atoms with Gasteiger partial charge >= 0.3 is 0 Å². The summed E-state index contributed by atoms with van der Waals surface area (Å²) >= 11 is 5.96. The van der Waals surface area contributed by atoms with E-state index in [0.717, 1.165) is 18.4 Å². The first-order valence-corrected chi connectivity index (χ1v) is 5.10. The second kappa shape index (κ2) is 3.47. The second-order valence-corrected chi connectivity index (χ2v) is 4.48. The van der Waals surface area contributed by atoms with Crippen LogP contribution in [0.2, 0.25) is 5.02 Å². The number of hydrogen-bond donors (Lipinski definition) is 1. The van der Waals surface area contributed by atoms with Gasteiger partial charge in [0.25, 0.3) is 5.69 Å². The molecule has 1 aromatic rings. The Bertz CT molecular complexity index is 416. The summed E-state index contributed by atoms with van der Waals surface area (Å²) in [7, 11) is 0. The van der Waals surface area contributed by atoms with Gasteiger partial charge in [-0.15, -0.1) is 0 Å². The second-order valence-electron chi connectivity index (χ2n) is 4.07. The molecule has 1 aliphatic carbocycles. The van der Waals surface area contributed by atoms with Crippen LogP contribution in [-0.4, -0.2) is 10.5 Å². The molecule has 0 spiro atoms. The molecule has 0 saturated heterocycles. The van der Waals surface area contributed by atoms with Crippen molar-refractivity contribution in [2.24, 2.45) is 5.73 Å².